The van der Waals surface area contributed by atoms with Gasteiger partial charge in [-0.25, -0.2) is 8.42 Å². The molecule has 2 N–H and O–H groups in total. The molecule has 1 unspecified atom stereocenters. The first-order valence-corrected chi connectivity index (χ1v) is 11.1. The fourth-order valence-corrected chi connectivity index (χ4v) is 4.46. The van der Waals surface area contributed by atoms with Crippen LogP contribution >= 0.6 is 11.6 Å². The molecule has 0 aromatic heterocycles. The van der Waals surface area contributed by atoms with Crippen molar-refractivity contribution in [1.82, 2.24) is 10.2 Å². The zero-order chi connectivity index (χ0) is 21.0. The van der Waals surface area contributed by atoms with Crippen LogP contribution in [-0.2, 0) is 14.8 Å². The molecule has 0 aliphatic carbocycles. The summed E-state index contributed by atoms with van der Waals surface area (Å²) in [6.45, 7) is 2.82. The van der Waals surface area contributed by atoms with Crippen molar-refractivity contribution in [2.75, 3.05) is 17.8 Å². The van der Waals surface area contributed by atoms with Crippen molar-refractivity contribution in [3.8, 4) is 0 Å². The Morgan fingerprint density at radius 2 is 1.90 bits per heavy atom. The molecule has 2 aromatic rings. The summed E-state index contributed by atoms with van der Waals surface area (Å²) in [7, 11) is -3.82. The second-order valence-electron chi connectivity index (χ2n) is 6.69. The average molecular weight is 436 g/mol. The Kier molecular flexibility index (Phi) is 6.44. The Bertz CT molecular complexity index is 1010. The van der Waals surface area contributed by atoms with Crippen LogP contribution in [0.1, 0.15) is 30.1 Å². The first-order chi connectivity index (χ1) is 13.8. The molecular formula is C20H22ClN3O4S. The number of likely N-dealkylation sites (tertiary alicyclic amines) is 1. The average Bonchev–Trinajstić information content (AvgIpc) is 3.18. The number of nitrogens with one attached hydrogen (secondary N) is 2. The first kappa shape index (κ1) is 21.1. The monoisotopic (exact) mass is 435 g/mol. The van der Waals surface area contributed by atoms with Crippen LogP contribution in [0.5, 0.6) is 0 Å². The molecule has 0 spiro atoms. The van der Waals surface area contributed by atoms with Crippen LogP contribution in [0.4, 0.5) is 5.69 Å². The Morgan fingerprint density at radius 1 is 1.17 bits per heavy atom. The van der Waals surface area contributed by atoms with Gasteiger partial charge in [0.15, 0.2) is 0 Å². The topological polar surface area (TPSA) is 95.6 Å². The highest BCUT2D eigenvalue weighted by Crippen LogP contribution is 2.23. The summed E-state index contributed by atoms with van der Waals surface area (Å²) in [6.07, 6.45) is 1.36. The van der Waals surface area contributed by atoms with Crippen LogP contribution in [0, 0.1) is 0 Å². The Balaban J connectivity index is 1.79. The molecule has 29 heavy (non-hydrogen) atoms. The maximum Gasteiger partial charge on any atom is 0.261 e. The quantitative estimate of drug-likeness (QED) is 0.729. The van der Waals surface area contributed by atoms with E-state index in [2.05, 4.69) is 10.0 Å². The number of anilines is 1. The van der Waals surface area contributed by atoms with Gasteiger partial charge < -0.3 is 10.2 Å². The summed E-state index contributed by atoms with van der Waals surface area (Å²) in [4.78, 5) is 26.8. The number of likely N-dealkylation sites (N-methyl/N-ethyl adjacent to an activating group) is 1. The van der Waals surface area contributed by atoms with E-state index in [-0.39, 0.29) is 22.4 Å². The molecule has 0 bridgehead atoms. The van der Waals surface area contributed by atoms with Crippen LogP contribution in [0.25, 0.3) is 0 Å². The highest BCUT2D eigenvalue weighted by atomic mass is 35.5. The molecule has 1 atom stereocenters. The first-order valence-electron chi connectivity index (χ1n) is 9.29. The van der Waals surface area contributed by atoms with Crippen molar-refractivity contribution in [3.63, 3.8) is 0 Å². The lowest BCUT2D eigenvalue weighted by molar-refractivity contribution is -0.124. The number of sulfonamides is 1. The van der Waals surface area contributed by atoms with Gasteiger partial charge in [-0.05, 0) is 62.2 Å². The fourth-order valence-electron chi connectivity index (χ4n) is 3.28. The van der Waals surface area contributed by atoms with E-state index >= 15 is 0 Å². The summed E-state index contributed by atoms with van der Waals surface area (Å²) >= 11 is 5.81. The van der Waals surface area contributed by atoms with Crippen LogP contribution in [0.2, 0.25) is 5.02 Å². The van der Waals surface area contributed by atoms with Crippen molar-refractivity contribution < 1.29 is 18.0 Å². The van der Waals surface area contributed by atoms with Gasteiger partial charge in [0.2, 0.25) is 5.91 Å². The largest absolute Gasteiger partial charge is 0.355 e. The van der Waals surface area contributed by atoms with Gasteiger partial charge in [-0.3, -0.25) is 14.3 Å². The maximum atomic E-state index is 12.9. The molecule has 2 amide bonds. The highest BCUT2D eigenvalue weighted by Gasteiger charge is 2.34. The number of carbonyl (C=O) groups excluding carboxylic acids is 2. The molecule has 0 radical (unpaired) electrons. The molecule has 1 aliphatic rings. The zero-order valence-electron chi connectivity index (χ0n) is 15.9. The van der Waals surface area contributed by atoms with E-state index < -0.39 is 16.1 Å². The Morgan fingerprint density at radius 3 is 2.59 bits per heavy atom. The van der Waals surface area contributed by atoms with Gasteiger partial charge in [-0.15, -0.1) is 0 Å². The lowest BCUT2D eigenvalue weighted by atomic mass is 10.1. The van der Waals surface area contributed by atoms with Gasteiger partial charge in [0.1, 0.15) is 6.04 Å². The fraction of sp³-hybridized carbons (Fsp3) is 0.300. The number of rotatable bonds is 6. The van der Waals surface area contributed by atoms with Gasteiger partial charge in [-0.1, -0.05) is 17.7 Å². The zero-order valence-corrected chi connectivity index (χ0v) is 17.5. The SMILES string of the molecule is CCNC(=O)C1CCCN1C(=O)c1cccc(NS(=O)(=O)c2ccc(Cl)cc2)c1. The van der Waals surface area contributed by atoms with Gasteiger partial charge in [0, 0.05) is 29.4 Å². The predicted molar refractivity (Wildman–Crippen MR) is 111 cm³/mol. The highest BCUT2D eigenvalue weighted by molar-refractivity contribution is 7.92. The summed E-state index contributed by atoms with van der Waals surface area (Å²) in [5.74, 6) is -0.468. The molecule has 3 rings (SSSR count). The number of amides is 2. The van der Waals surface area contributed by atoms with Gasteiger partial charge >= 0.3 is 0 Å². The summed E-state index contributed by atoms with van der Waals surface area (Å²) in [6, 6.07) is 11.5. The molecule has 1 aliphatic heterocycles. The third-order valence-electron chi connectivity index (χ3n) is 4.65. The number of hydrogen-bond donors (Lipinski definition) is 2. The molecule has 9 heteroatoms. The number of benzene rings is 2. The lowest BCUT2D eigenvalue weighted by Gasteiger charge is -2.24. The van der Waals surface area contributed by atoms with Gasteiger partial charge in [0.05, 0.1) is 4.90 Å². The predicted octanol–water partition coefficient (Wildman–Crippen LogP) is 2.88. The van der Waals surface area contributed by atoms with E-state index in [0.29, 0.717) is 30.1 Å². The van der Waals surface area contributed by atoms with Crippen LogP contribution < -0.4 is 10.0 Å². The minimum absolute atomic E-state index is 0.0643. The Hall–Kier alpha value is -2.58. The van der Waals surface area contributed by atoms with Crippen LogP contribution in [-0.4, -0.2) is 44.3 Å². The van der Waals surface area contributed by atoms with Crippen molar-refractivity contribution in [3.05, 3.63) is 59.1 Å². The summed E-state index contributed by atoms with van der Waals surface area (Å²) in [5.41, 5.74) is 0.581. The van der Waals surface area contributed by atoms with Crippen molar-refractivity contribution in [2.24, 2.45) is 0 Å². The summed E-state index contributed by atoms with van der Waals surface area (Å²) < 4.78 is 27.6. The second kappa shape index (κ2) is 8.84. The van der Waals surface area contributed by atoms with Crippen molar-refractivity contribution in [2.45, 2.75) is 30.7 Å². The molecule has 1 saturated heterocycles. The number of halogens is 1. The van der Waals surface area contributed by atoms with Gasteiger partial charge in [0.25, 0.3) is 15.9 Å². The van der Waals surface area contributed by atoms with E-state index in [9.17, 15) is 18.0 Å². The Labute approximate surface area is 175 Å². The van der Waals surface area contributed by atoms with Crippen LogP contribution in [0.3, 0.4) is 0 Å². The third-order valence-corrected chi connectivity index (χ3v) is 6.30. The van der Waals surface area contributed by atoms with E-state index in [1.165, 1.54) is 35.2 Å². The standard InChI is InChI=1S/C20H22ClN3O4S/c1-2-22-19(25)18-7-4-12-24(18)20(26)14-5-3-6-16(13-14)23-29(27,28)17-10-8-15(21)9-11-17/h3,5-6,8-11,13,18,23H,2,4,7,12H2,1H3,(H,22,25). The molecule has 2 aromatic carbocycles. The minimum Gasteiger partial charge on any atom is -0.355 e. The van der Waals surface area contributed by atoms with Crippen molar-refractivity contribution in [1.29, 1.82) is 0 Å². The number of hydrogen-bond acceptors (Lipinski definition) is 4. The summed E-state index contributed by atoms with van der Waals surface area (Å²) in [5, 5.41) is 3.19. The molecule has 0 saturated carbocycles. The number of carbonyl (C=O) groups is 2. The second-order valence-corrected chi connectivity index (χ2v) is 8.81. The van der Waals surface area contributed by atoms with E-state index in [0.717, 1.165) is 6.42 Å². The van der Waals surface area contributed by atoms with E-state index in [4.69, 9.17) is 11.6 Å². The smallest absolute Gasteiger partial charge is 0.261 e. The number of nitrogens with zero attached hydrogens (tertiary/aromatic N) is 1. The van der Waals surface area contributed by atoms with E-state index in [1.807, 2.05) is 6.92 Å². The normalized spacial score (nSPS) is 16.5. The van der Waals surface area contributed by atoms with Gasteiger partial charge in [-0.2, -0.15) is 0 Å². The molecular weight excluding hydrogens is 414 g/mol. The molecule has 1 fully saturated rings. The third kappa shape index (κ3) is 4.89. The van der Waals surface area contributed by atoms with Crippen LogP contribution in [0.15, 0.2) is 53.4 Å². The van der Waals surface area contributed by atoms with Crippen molar-refractivity contribution >= 4 is 39.1 Å². The maximum absolute atomic E-state index is 12.9. The molecule has 7 nitrogen and oxygen atoms in total. The molecule has 1 heterocycles. The molecule has 154 valence electrons. The van der Waals surface area contributed by atoms with E-state index in [1.54, 1.807) is 18.2 Å². The minimum atomic E-state index is -3.82. The lowest BCUT2D eigenvalue weighted by Crippen LogP contribution is -2.45.